The lowest BCUT2D eigenvalue weighted by atomic mass is 10.2. The molecule has 1 amide bonds. The fourth-order valence-electron chi connectivity index (χ4n) is 3.11. The number of amides is 1. The van der Waals surface area contributed by atoms with E-state index >= 15 is 0 Å². The number of fused-ring (bicyclic) bond motifs is 1. The fraction of sp³-hybridized carbons (Fsp3) is 0.786. The minimum Gasteiger partial charge on any atom is -0.453 e. The lowest BCUT2D eigenvalue weighted by Crippen LogP contribution is -2.49. The third-order valence-corrected chi connectivity index (χ3v) is 4.46. The van der Waals surface area contributed by atoms with E-state index in [1.807, 2.05) is 0 Å². The minimum absolute atomic E-state index is 0.0166. The molecule has 2 aliphatic heterocycles. The van der Waals surface area contributed by atoms with E-state index in [2.05, 4.69) is 10.00 Å². The van der Waals surface area contributed by atoms with Crippen LogP contribution < -0.4 is 5.69 Å². The maximum Gasteiger partial charge on any atom is 0.409 e. The van der Waals surface area contributed by atoms with Gasteiger partial charge in [-0.2, -0.15) is 5.10 Å². The highest BCUT2D eigenvalue weighted by molar-refractivity contribution is 5.67. The van der Waals surface area contributed by atoms with E-state index in [4.69, 9.17) is 4.74 Å². The van der Waals surface area contributed by atoms with Crippen molar-refractivity contribution in [2.75, 3.05) is 39.8 Å². The third-order valence-electron chi connectivity index (χ3n) is 4.46. The van der Waals surface area contributed by atoms with Crippen LogP contribution in [0.2, 0.25) is 0 Å². The predicted octanol–water partition coefficient (Wildman–Crippen LogP) is -0.235. The predicted molar refractivity (Wildman–Crippen MR) is 79.8 cm³/mol. The average Bonchev–Trinajstić information content (AvgIpc) is 2.89. The number of nitrogens with zero attached hydrogens (tertiary/aromatic N) is 5. The van der Waals surface area contributed by atoms with Gasteiger partial charge in [0.1, 0.15) is 5.82 Å². The third kappa shape index (κ3) is 3.01. The second-order valence-electron chi connectivity index (χ2n) is 5.83. The van der Waals surface area contributed by atoms with Crippen molar-refractivity contribution in [1.82, 2.24) is 24.1 Å². The highest BCUT2D eigenvalue weighted by Crippen LogP contribution is 2.09. The molecule has 2 aliphatic rings. The van der Waals surface area contributed by atoms with Crippen LogP contribution in [-0.4, -0.2) is 70.1 Å². The molecule has 0 aliphatic carbocycles. The first kappa shape index (κ1) is 15.1. The van der Waals surface area contributed by atoms with Crippen LogP contribution in [0, 0.1) is 0 Å². The Morgan fingerprint density at radius 1 is 1.14 bits per heavy atom. The van der Waals surface area contributed by atoms with Crippen LogP contribution in [0.15, 0.2) is 4.79 Å². The zero-order chi connectivity index (χ0) is 15.5. The molecular weight excluding hydrogens is 286 g/mol. The van der Waals surface area contributed by atoms with Gasteiger partial charge < -0.3 is 9.64 Å². The molecule has 1 saturated heterocycles. The number of aromatic nitrogens is 3. The summed E-state index contributed by atoms with van der Waals surface area (Å²) in [6.07, 6.45) is 2.82. The van der Waals surface area contributed by atoms with Crippen LogP contribution in [0.1, 0.15) is 18.7 Å². The fourth-order valence-corrected chi connectivity index (χ4v) is 3.11. The van der Waals surface area contributed by atoms with Gasteiger partial charge in [-0.1, -0.05) is 0 Å². The van der Waals surface area contributed by atoms with Gasteiger partial charge >= 0.3 is 11.8 Å². The van der Waals surface area contributed by atoms with Crippen molar-refractivity contribution in [3.05, 3.63) is 16.3 Å². The van der Waals surface area contributed by atoms with Gasteiger partial charge in [0.2, 0.25) is 0 Å². The standard InChI is InChI=1S/C14H23N5O3/c1-22-14(21)17-9-6-16(7-10-17)8-11-19-13(20)18-5-3-2-4-12(18)15-19/h2-11H2,1H3. The first-order valence-electron chi connectivity index (χ1n) is 7.91. The zero-order valence-corrected chi connectivity index (χ0v) is 13.0. The van der Waals surface area contributed by atoms with E-state index in [0.717, 1.165) is 51.3 Å². The van der Waals surface area contributed by atoms with Crippen LogP contribution >= 0.6 is 0 Å². The second kappa shape index (κ2) is 6.51. The first-order chi connectivity index (χ1) is 10.7. The Balaban J connectivity index is 1.53. The number of hydrogen-bond donors (Lipinski definition) is 0. The van der Waals surface area contributed by atoms with Gasteiger partial charge in [-0.25, -0.2) is 14.3 Å². The van der Waals surface area contributed by atoms with Crippen molar-refractivity contribution in [3.63, 3.8) is 0 Å². The van der Waals surface area contributed by atoms with E-state index in [9.17, 15) is 9.59 Å². The number of carbonyl (C=O) groups excluding carboxylic acids is 1. The molecule has 122 valence electrons. The molecule has 1 fully saturated rings. The number of carbonyl (C=O) groups is 1. The molecule has 8 nitrogen and oxygen atoms in total. The Morgan fingerprint density at radius 3 is 2.59 bits per heavy atom. The van der Waals surface area contributed by atoms with E-state index in [1.54, 1.807) is 14.1 Å². The summed E-state index contributed by atoms with van der Waals surface area (Å²) in [4.78, 5) is 27.6. The molecule has 3 rings (SSSR count). The largest absolute Gasteiger partial charge is 0.453 e. The summed E-state index contributed by atoms with van der Waals surface area (Å²) in [5.41, 5.74) is 0.0166. The van der Waals surface area contributed by atoms with Gasteiger partial charge in [0.25, 0.3) is 0 Å². The first-order valence-corrected chi connectivity index (χ1v) is 7.91. The molecule has 1 aromatic rings. The molecule has 22 heavy (non-hydrogen) atoms. The number of methoxy groups -OCH3 is 1. The molecule has 3 heterocycles. The highest BCUT2D eigenvalue weighted by atomic mass is 16.5. The molecule has 0 N–H and O–H groups in total. The molecule has 0 saturated carbocycles. The smallest absolute Gasteiger partial charge is 0.409 e. The van der Waals surface area contributed by atoms with Crippen molar-refractivity contribution in [2.45, 2.75) is 32.4 Å². The van der Waals surface area contributed by atoms with Crippen LogP contribution in [0.5, 0.6) is 0 Å². The van der Waals surface area contributed by atoms with Crippen molar-refractivity contribution in [3.8, 4) is 0 Å². The van der Waals surface area contributed by atoms with Gasteiger partial charge in [-0.05, 0) is 12.8 Å². The summed E-state index contributed by atoms with van der Waals surface area (Å²) in [6, 6.07) is 0. The highest BCUT2D eigenvalue weighted by Gasteiger charge is 2.22. The Labute approximate surface area is 129 Å². The lowest BCUT2D eigenvalue weighted by Gasteiger charge is -2.33. The summed E-state index contributed by atoms with van der Waals surface area (Å²) in [5, 5.41) is 4.45. The number of hydrogen-bond acceptors (Lipinski definition) is 5. The van der Waals surface area contributed by atoms with Gasteiger partial charge in [-0.15, -0.1) is 0 Å². The van der Waals surface area contributed by atoms with Crippen molar-refractivity contribution in [2.24, 2.45) is 0 Å². The summed E-state index contributed by atoms with van der Waals surface area (Å²) in [7, 11) is 1.40. The summed E-state index contributed by atoms with van der Waals surface area (Å²) >= 11 is 0. The summed E-state index contributed by atoms with van der Waals surface area (Å²) in [6.45, 7) is 5.13. The quantitative estimate of drug-likeness (QED) is 0.771. The second-order valence-corrected chi connectivity index (χ2v) is 5.83. The monoisotopic (exact) mass is 309 g/mol. The SMILES string of the molecule is COC(=O)N1CCN(CCn2nc3n(c2=O)CCCC3)CC1. The minimum atomic E-state index is -0.266. The van der Waals surface area contributed by atoms with Crippen molar-refractivity contribution in [1.29, 1.82) is 0 Å². The van der Waals surface area contributed by atoms with Crippen LogP contribution in [0.4, 0.5) is 4.79 Å². The molecule has 0 spiro atoms. The van der Waals surface area contributed by atoms with Crippen molar-refractivity contribution >= 4 is 6.09 Å². The topological polar surface area (TPSA) is 72.6 Å². The van der Waals surface area contributed by atoms with E-state index < -0.39 is 0 Å². The van der Waals surface area contributed by atoms with Crippen LogP contribution in [-0.2, 0) is 24.2 Å². The maximum absolute atomic E-state index is 12.2. The Hall–Kier alpha value is -1.83. The van der Waals surface area contributed by atoms with Crippen LogP contribution in [0.25, 0.3) is 0 Å². The van der Waals surface area contributed by atoms with Gasteiger partial charge in [0, 0.05) is 45.7 Å². The molecule has 0 bridgehead atoms. The molecule has 0 aromatic carbocycles. The van der Waals surface area contributed by atoms with E-state index in [0.29, 0.717) is 19.6 Å². The molecule has 0 atom stereocenters. The number of rotatable bonds is 3. The molecule has 8 heteroatoms. The van der Waals surface area contributed by atoms with E-state index in [1.165, 1.54) is 7.11 Å². The maximum atomic E-state index is 12.2. The Morgan fingerprint density at radius 2 is 1.91 bits per heavy atom. The lowest BCUT2D eigenvalue weighted by molar-refractivity contribution is 0.0895. The zero-order valence-electron chi connectivity index (χ0n) is 13.0. The normalized spacial score (nSPS) is 19.0. The van der Waals surface area contributed by atoms with Crippen LogP contribution in [0.3, 0.4) is 0 Å². The van der Waals surface area contributed by atoms with Gasteiger partial charge in [0.15, 0.2) is 0 Å². The van der Waals surface area contributed by atoms with Crippen molar-refractivity contribution < 1.29 is 9.53 Å². The number of ether oxygens (including phenoxy) is 1. The number of aryl methyl sites for hydroxylation is 1. The summed E-state index contributed by atoms with van der Waals surface area (Å²) in [5.74, 6) is 0.923. The number of piperazine rings is 1. The van der Waals surface area contributed by atoms with Gasteiger partial charge in [0.05, 0.1) is 13.7 Å². The molecule has 1 aromatic heterocycles. The molecule has 0 unspecified atom stereocenters. The van der Waals surface area contributed by atoms with E-state index in [-0.39, 0.29) is 11.8 Å². The molecular formula is C14H23N5O3. The Bertz CT molecular complexity index is 586. The van der Waals surface area contributed by atoms with Gasteiger partial charge in [-0.3, -0.25) is 9.47 Å². The molecule has 0 radical (unpaired) electrons. The Kier molecular flexibility index (Phi) is 4.47. The summed E-state index contributed by atoms with van der Waals surface area (Å²) < 4.78 is 8.12. The average molecular weight is 309 g/mol.